The Morgan fingerprint density at radius 1 is 1.38 bits per heavy atom. The number of pyridine rings is 1. The van der Waals surface area contributed by atoms with Crippen molar-refractivity contribution in [3.8, 4) is 0 Å². The number of carbonyl (C=O) groups excluding carboxylic acids is 1. The Labute approximate surface area is 124 Å². The molecule has 0 saturated carbocycles. The Kier molecular flexibility index (Phi) is 3.71. The third-order valence-electron chi connectivity index (χ3n) is 4.89. The van der Waals surface area contributed by atoms with Crippen molar-refractivity contribution in [3.63, 3.8) is 0 Å². The molecule has 3 heterocycles. The molecular weight excluding hydrogens is 266 g/mol. The minimum Gasteiger partial charge on any atom is -0.397 e. The van der Waals surface area contributed by atoms with Crippen LogP contribution in [0.25, 0.3) is 0 Å². The first-order valence-corrected chi connectivity index (χ1v) is 7.58. The minimum atomic E-state index is -0.516. The molecule has 2 atom stereocenters. The second-order valence-corrected chi connectivity index (χ2v) is 6.24. The standard InChI is InChI=1S/C15H23N5O/c1-20-10-3-2-4-11(20)6-9(5-10)19-14-7-12(15(17)21)13(16)8-18-14/h7-11H,2-6,16H2,1H3,(H2,17,21)(H,18,19). The summed E-state index contributed by atoms with van der Waals surface area (Å²) in [6, 6.07) is 3.36. The third kappa shape index (κ3) is 2.81. The van der Waals surface area contributed by atoms with Gasteiger partial charge in [-0.3, -0.25) is 4.79 Å². The Morgan fingerprint density at radius 3 is 2.67 bits per heavy atom. The average molecular weight is 289 g/mol. The van der Waals surface area contributed by atoms with Gasteiger partial charge < -0.3 is 21.7 Å². The average Bonchev–Trinajstić information content (AvgIpc) is 2.42. The van der Waals surface area contributed by atoms with Crippen LogP contribution in [-0.4, -0.2) is 41.0 Å². The summed E-state index contributed by atoms with van der Waals surface area (Å²) in [6.45, 7) is 0. The molecule has 2 fully saturated rings. The zero-order valence-electron chi connectivity index (χ0n) is 12.4. The quantitative estimate of drug-likeness (QED) is 0.776. The molecule has 1 aromatic heterocycles. The molecule has 2 unspecified atom stereocenters. The molecule has 2 aliphatic heterocycles. The molecule has 21 heavy (non-hydrogen) atoms. The van der Waals surface area contributed by atoms with Gasteiger partial charge >= 0.3 is 0 Å². The lowest BCUT2D eigenvalue weighted by atomic mass is 9.82. The van der Waals surface area contributed by atoms with E-state index in [1.54, 1.807) is 6.07 Å². The third-order valence-corrected chi connectivity index (χ3v) is 4.89. The number of fused-ring (bicyclic) bond motifs is 2. The number of amides is 1. The summed E-state index contributed by atoms with van der Waals surface area (Å²) in [5.41, 5.74) is 11.7. The monoisotopic (exact) mass is 289 g/mol. The molecule has 0 radical (unpaired) electrons. The predicted octanol–water partition coefficient (Wildman–Crippen LogP) is 1.19. The van der Waals surface area contributed by atoms with E-state index in [1.807, 2.05) is 0 Å². The highest BCUT2D eigenvalue weighted by Crippen LogP contribution is 2.33. The number of nitrogens with two attached hydrogens (primary N) is 2. The van der Waals surface area contributed by atoms with Crippen molar-refractivity contribution in [2.75, 3.05) is 18.1 Å². The zero-order valence-corrected chi connectivity index (χ0v) is 12.4. The van der Waals surface area contributed by atoms with Crippen LogP contribution < -0.4 is 16.8 Å². The topological polar surface area (TPSA) is 97.3 Å². The number of rotatable bonds is 3. The lowest BCUT2D eigenvalue weighted by Gasteiger charge is -2.47. The molecule has 1 amide bonds. The maximum Gasteiger partial charge on any atom is 0.250 e. The summed E-state index contributed by atoms with van der Waals surface area (Å²) in [5, 5.41) is 3.45. The first-order valence-electron chi connectivity index (χ1n) is 7.58. The summed E-state index contributed by atoms with van der Waals surface area (Å²) < 4.78 is 0. The molecule has 2 saturated heterocycles. The van der Waals surface area contributed by atoms with Crippen molar-refractivity contribution in [1.29, 1.82) is 0 Å². The molecule has 1 aromatic rings. The molecule has 2 bridgehead atoms. The van der Waals surface area contributed by atoms with Gasteiger partial charge in [0.2, 0.25) is 0 Å². The molecule has 0 aliphatic carbocycles. The van der Waals surface area contributed by atoms with Gasteiger partial charge in [-0.05, 0) is 38.8 Å². The summed E-state index contributed by atoms with van der Waals surface area (Å²) >= 11 is 0. The molecule has 6 nitrogen and oxygen atoms in total. The van der Waals surface area contributed by atoms with E-state index < -0.39 is 5.91 Å². The van der Waals surface area contributed by atoms with E-state index >= 15 is 0 Å². The Hall–Kier alpha value is -1.82. The SMILES string of the molecule is CN1C2CCCC1CC(Nc1cc(C(N)=O)c(N)cn1)C2. The molecule has 2 aliphatic rings. The van der Waals surface area contributed by atoms with Crippen LogP contribution in [-0.2, 0) is 0 Å². The molecular formula is C15H23N5O. The molecule has 0 aromatic carbocycles. The number of carbonyl (C=O) groups is 1. The van der Waals surface area contributed by atoms with Gasteiger partial charge in [-0.2, -0.15) is 0 Å². The van der Waals surface area contributed by atoms with E-state index in [0.717, 1.165) is 12.8 Å². The highest BCUT2D eigenvalue weighted by molar-refractivity contribution is 5.98. The molecule has 3 rings (SSSR count). The first-order chi connectivity index (χ1) is 10.0. The summed E-state index contributed by atoms with van der Waals surface area (Å²) in [7, 11) is 2.23. The number of piperidine rings is 2. The van der Waals surface area contributed by atoms with Crippen LogP contribution in [0.1, 0.15) is 42.5 Å². The number of hydrogen-bond donors (Lipinski definition) is 3. The van der Waals surface area contributed by atoms with Gasteiger partial charge in [0.05, 0.1) is 17.4 Å². The van der Waals surface area contributed by atoms with Gasteiger partial charge in [0, 0.05) is 18.1 Å². The summed E-state index contributed by atoms with van der Waals surface area (Å²) in [4.78, 5) is 18.1. The number of nitrogens with zero attached hydrogens (tertiary/aromatic N) is 2. The summed E-state index contributed by atoms with van der Waals surface area (Å²) in [5.74, 6) is 0.170. The van der Waals surface area contributed by atoms with Gasteiger partial charge in [-0.1, -0.05) is 6.42 Å². The van der Waals surface area contributed by atoms with E-state index in [0.29, 0.717) is 35.2 Å². The van der Waals surface area contributed by atoms with Crippen molar-refractivity contribution in [3.05, 3.63) is 17.8 Å². The number of hydrogen-bond acceptors (Lipinski definition) is 5. The van der Waals surface area contributed by atoms with Crippen LogP contribution in [0.15, 0.2) is 12.3 Å². The second kappa shape index (κ2) is 5.52. The van der Waals surface area contributed by atoms with Crippen LogP contribution in [0.5, 0.6) is 0 Å². The van der Waals surface area contributed by atoms with Gasteiger partial charge in [-0.15, -0.1) is 0 Å². The normalized spacial score (nSPS) is 29.1. The number of nitrogens with one attached hydrogen (secondary N) is 1. The van der Waals surface area contributed by atoms with Gasteiger partial charge in [0.15, 0.2) is 0 Å². The number of anilines is 2. The van der Waals surface area contributed by atoms with Gasteiger partial charge in [0.1, 0.15) is 5.82 Å². The number of nitrogen functional groups attached to an aromatic ring is 1. The highest BCUT2D eigenvalue weighted by Gasteiger charge is 2.35. The van der Waals surface area contributed by atoms with E-state index in [4.69, 9.17) is 11.5 Å². The second-order valence-electron chi connectivity index (χ2n) is 6.24. The Balaban J connectivity index is 1.72. The lowest BCUT2D eigenvalue weighted by Crippen LogP contribution is -2.52. The Morgan fingerprint density at radius 2 is 2.05 bits per heavy atom. The van der Waals surface area contributed by atoms with Crippen LogP contribution in [0.4, 0.5) is 11.5 Å². The summed E-state index contributed by atoms with van der Waals surface area (Å²) in [6.07, 6.45) is 7.60. The van der Waals surface area contributed by atoms with Gasteiger partial charge in [0.25, 0.3) is 5.91 Å². The zero-order chi connectivity index (χ0) is 15.0. The Bertz CT molecular complexity index is 533. The van der Waals surface area contributed by atoms with Crippen molar-refractivity contribution in [2.24, 2.45) is 5.73 Å². The molecule has 0 spiro atoms. The van der Waals surface area contributed by atoms with E-state index in [9.17, 15) is 4.79 Å². The van der Waals surface area contributed by atoms with E-state index in [-0.39, 0.29) is 0 Å². The minimum absolute atomic E-state index is 0.327. The van der Waals surface area contributed by atoms with E-state index in [1.165, 1.54) is 25.5 Å². The number of primary amides is 1. The number of aromatic nitrogens is 1. The van der Waals surface area contributed by atoms with Crippen molar-refractivity contribution < 1.29 is 4.79 Å². The predicted molar refractivity (Wildman–Crippen MR) is 83.0 cm³/mol. The molecule has 5 N–H and O–H groups in total. The largest absolute Gasteiger partial charge is 0.397 e. The fourth-order valence-corrected chi connectivity index (χ4v) is 3.70. The highest BCUT2D eigenvalue weighted by atomic mass is 16.1. The van der Waals surface area contributed by atoms with Crippen molar-refractivity contribution >= 4 is 17.4 Å². The van der Waals surface area contributed by atoms with Crippen LogP contribution in [0.3, 0.4) is 0 Å². The van der Waals surface area contributed by atoms with E-state index in [2.05, 4.69) is 22.2 Å². The van der Waals surface area contributed by atoms with Crippen molar-refractivity contribution in [2.45, 2.75) is 50.2 Å². The first kappa shape index (κ1) is 14.1. The van der Waals surface area contributed by atoms with Crippen LogP contribution >= 0.6 is 0 Å². The molecule has 6 heteroatoms. The van der Waals surface area contributed by atoms with Crippen molar-refractivity contribution in [1.82, 2.24) is 9.88 Å². The maximum atomic E-state index is 11.3. The smallest absolute Gasteiger partial charge is 0.250 e. The molecule has 114 valence electrons. The lowest BCUT2D eigenvalue weighted by molar-refractivity contribution is 0.0608. The fraction of sp³-hybridized carbons (Fsp3) is 0.600. The maximum absolute atomic E-state index is 11.3. The van der Waals surface area contributed by atoms with Crippen LogP contribution in [0, 0.1) is 0 Å². The fourth-order valence-electron chi connectivity index (χ4n) is 3.70. The van der Waals surface area contributed by atoms with Crippen LogP contribution in [0.2, 0.25) is 0 Å². The van der Waals surface area contributed by atoms with Gasteiger partial charge in [-0.25, -0.2) is 4.98 Å².